The van der Waals surface area contributed by atoms with Crippen LogP contribution in [0, 0.1) is 19.8 Å². The van der Waals surface area contributed by atoms with Gasteiger partial charge < -0.3 is 15.3 Å². The van der Waals surface area contributed by atoms with Gasteiger partial charge in [-0.25, -0.2) is 14.5 Å². The summed E-state index contributed by atoms with van der Waals surface area (Å²) in [4.78, 5) is 31.0. The van der Waals surface area contributed by atoms with E-state index in [1.54, 1.807) is 11.6 Å². The third-order valence-corrected chi connectivity index (χ3v) is 9.50. The number of hydrogen-bond acceptors (Lipinski definition) is 5. The van der Waals surface area contributed by atoms with E-state index in [1.807, 2.05) is 18.2 Å². The van der Waals surface area contributed by atoms with Crippen molar-refractivity contribution in [3.05, 3.63) is 94.3 Å². The number of carbonyl (C=O) groups excluding carboxylic acids is 1. The number of aryl methyl sites for hydroxylation is 2. The number of amides is 1. The molecule has 8 heteroatoms. The summed E-state index contributed by atoms with van der Waals surface area (Å²) in [7, 11) is 0. The molecule has 43 heavy (non-hydrogen) atoms. The van der Waals surface area contributed by atoms with Crippen LogP contribution in [0.25, 0.3) is 17.1 Å². The van der Waals surface area contributed by atoms with Gasteiger partial charge in [0.1, 0.15) is 5.56 Å². The van der Waals surface area contributed by atoms with Crippen LogP contribution >= 0.6 is 0 Å². The quantitative estimate of drug-likeness (QED) is 0.262. The van der Waals surface area contributed by atoms with Crippen molar-refractivity contribution in [1.29, 1.82) is 0 Å². The summed E-state index contributed by atoms with van der Waals surface area (Å²) in [5.41, 5.74) is 9.00. The van der Waals surface area contributed by atoms with Gasteiger partial charge >= 0.3 is 5.97 Å². The molecule has 1 unspecified atom stereocenters. The van der Waals surface area contributed by atoms with Crippen molar-refractivity contribution in [2.24, 2.45) is 5.92 Å². The molecular weight excluding hydrogens is 538 g/mol. The molecule has 3 aliphatic rings. The molecular formula is C35H37N5O3. The molecule has 2 aromatic heterocycles. The maximum atomic E-state index is 12.5. The lowest BCUT2D eigenvalue weighted by Crippen LogP contribution is -2.38. The van der Waals surface area contributed by atoms with E-state index in [2.05, 4.69) is 58.6 Å². The summed E-state index contributed by atoms with van der Waals surface area (Å²) in [5, 5.41) is 17.6. The van der Waals surface area contributed by atoms with Crippen LogP contribution in [0.1, 0.15) is 82.4 Å². The Morgan fingerprint density at radius 3 is 2.47 bits per heavy atom. The van der Waals surface area contributed by atoms with Crippen LogP contribution in [0.3, 0.4) is 0 Å². The molecule has 220 valence electrons. The third kappa shape index (κ3) is 5.19. The van der Waals surface area contributed by atoms with Crippen molar-refractivity contribution in [3.63, 3.8) is 0 Å². The van der Waals surface area contributed by atoms with E-state index in [-0.39, 0.29) is 11.6 Å². The van der Waals surface area contributed by atoms with Crippen molar-refractivity contribution < 1.29 is 14.7 Å². The smallest absolute Gasteiger partial charge is 0.339 e. The van der Waals surface area contributed by atoms with Crippen molar-refractivity contribution in [2.45, 2.75) is 64.3 Å². The second-order valence-corrected chi connectivity index (χ2v) is 12.3. The van der Waals surface area contributed by atoms with Gasteiger partial charge in [0, 0.05) is 30.3 Å². The lowest BCUT2D eigenvalue weighted by molar-refractivity contribution is -0.133. The van der Waals surface area contributed by atoms with E-state index in [1.165, 1.54) is 28.5 Å². The Morgan fingerprint density at radius 1 is 0.953 bits per heavy atom. The number of benzene rings is 2. The van der Waals surface area contributed by atoms with Gasteiger partial charge in [-0.1, -0.05) is 36.4 Å². The molecule has 4 aromatic rings. The fourth-order valence-electron chi connectivity index (χ4n) is 6.91. The number of aromatic nitrogens is 3. The Labute approximate surface area is 251 Å². The zero-order chi connectivity index (χ0) is 29.7. The van der Waals surface area contributed by atoms with Crippen molar-refractivity contribution in [1.82, 2.24) is 19.7 Å². The van der Waals surface area contributed by atoms with Crippen LogP contribution in [0.15, 0.2) is 60.8 Å². The van der Waals surface area contributed by atoms with Crippen molar-refractivity contribution in [3.8, 4) is 17.1 Å². The summed E-state index contributed by atoms with van der Waals surface area (Å²) < 4.78 is 1.59. The molecule has 2 fully saturated rings. The van der Waals surface area contributed by atoms with Crippen LogP contribution in [-0.4, -0.2) is 49.7 Å². The second kappa shape index (κ2) is 11.0. The number of aromatic carboxylic acids is 1. The molecule has 2 N–H and O–H groups in total. The number of fused-ring (bicyclic) bond motifs is 1. The lowest BCUT2D eigenvalue weighted by atomic mass is 9.88. The first-order chi connectivity index (χ1) is 20.9. The summed E-state index contributed by atoms with van der Waals surface area (Å²) in [6.45, 7) is 5.67. The number of carboxylic acids is 1. The van der Waals surface area contributed by atoms with E-state index < -0.39 is 5.97 Å². The predicted molar refractivity (Wildman–Crippen MR) is 166 cm³/mol. The van der Waals surface area contributed by atoms with Crippen LogP contribution in [0.5, 0.6) is 0 Å². The standard InChI is InChI=1S/C35H37N5O3/c1-21-19-26(23-15-17-39(18-16-23)34(41)25-9-10-25)12-13-29(21)37-31-14-11-24-5-3-6-27(33(24)31)30-7-4-8-32(38-30)40-22(2)28(20-36-40)35(42)43/h3-8,12-13,19-20,23,25,31,37H,9-11,14-18H2,1-2H3,(H,42,43). The largest absolute Gasteiger partial charge is 0.478 e. The van der Waals surface area contributed by atoms with E-state index in [4.69, 9.17) is 4.98 Å². The number of likely N-dealkylation sites (tertiary alicyclic amines) is 1. The van der Waals surface area contributed by atoms with Crippen LogP contribution < -0.4 is 5.32 Å². The van der Waals surface area contributed by atoms with Gasteiger partial charge in [0.25, 0.3) is 0 Å². The Balaban J connectivity index is 1.11. The van der Waals surface area contributed by atoms with Gasteiger partial charge in [-0.15, -0.1) is 0 Å². The molecule has 2 aromatic carbocycles. The fourth-order valence-corrected chi connectivity index (χ4v) is 6.91. The molecule has 1 aliphatic heterocycles. The molecule has 0 radical (unpaired) electrons. The summed E-state index contributed by atoms with van der Waals surface area (Å²) in [5.74, 6) is 0.771. The third-order valence-electron chi connectivity index (χ3n) is 9.50. The molecule has 8 nitrogen and oxygen atoms in total. The maximum Gasteiger partial charge on any atom is 0.339 e. The number of pyridine rings is 1. The molecule has 1 amide bonds. The number of piperidine rings is 1. The molecule has 1 saturated heterocycles. The highest BCUT2D eigenvalue weighted by Gasteiger charge is 2.35. The van der Waals surface area contributed by atoms with E-state index >= 15 is 0 Å². The fraction of sp³-hybridized carbons (Fsp3) is 0.371. The highest BCUT2D eigenvalue weighted by Crippen LogP contribution is 2.41. The highest BCUT2D eigenvalue weighted by molar-refractivity contribution is 5.88. The minimum absolute atomic E-state index is 0.155. The Kier molecular flexibility index (Phi) is 7.00. The molecule has 7 rings (SSSR count). The van der Waals surface area contributed by atoms with Gasteiger partial charge in [0.15, 0.2) is 5.82 Å². The normalized spacial score (nSPS) is 18.5. The minimum Gasteiger partial charge on any atom is -0.478 e. The Bertz CT molecular complexity index is 1710. The predicted octanol–water partition coefficient (Wildman–Crippen LogP) is 6.46. The van der Waals surface area contributed by atoms with E-state index in [0.717, 1.165) is 68.6 Å². The number of rotatable bonds is 7. The Hall–Kier alpha value is -4.46. The average molecular weight is 576 g/mol. The summed E-state index contributed by atoms with van der Waals surface area (Å²) in [6, 6.07) is 19.2. The van der Waals surface area contributed by atoms with Crippen LogP contribution in [0.4, 0.5) is 5.69 Å². The minimum atomic E-state index is -0.997. The number of anilines is 1. The number of carboxylic acid groups (broad SMARTS) is 1. The number of nitrogens with one attached hydrogen (secondary N) is 1. The van der Waals surface area contributed by atoms with Gasteiger partial charge in [-0.3, -0.25) is 4.79 Å². The van der Waals surface area contributed by atoms with Crippen molar-refractivity contribution in [2.75, 3.05) is 18.4 Å². The molecule has 0 spiro atoms. The number of hydrogen-bond donors (Lipinski definition) is 2. The van der Waals surface area contributed by atoms with Crippen LogP contribution in [0.2, 0.25) is 0 Å². The first-order valence-electron chi connectivity index (χ1n) is 15.4. The maximum absolute atomic E-state index is 12.5. The summed E-state index contributed by atoms with van der Waals surface area (Å²) in [6.07, 6.45) is 7.58. The van der Waals surface area contributed by atoms with Gasteiger partial charge in [-0.05, 0) is 98.7 Å². The Morgan fingerprint density at radius 2 is 1.74 bits per heavy atom. The molecule has 2 aliphatic carbocycles. The van der Waals surface area contributed by atoms with Crippen LogP contribution in [-0.2, 0) is 11.2 Å². The van der Waals surface area contributed by atoms with Gasteiger partial charge in [0.05, 0.1) is 23.6 Å². The van der Waals surface area contributed by atoms with Crippen molar-refractivity contribution >= 4 is 17.6 Å². The molecule has 1 atom stereocenters. The van der Waals surface area contributed by atoms with E-state index in [9.17, 15) is 14.7 Å². The second-order valence-electron chi connectivity index (χ2n) is 12.3. The van der Waals surface area contributed by atoms with Gasteiger partial charge in [-0.2, -0.15) is 5.10 Å². The lowest BCUT2D eigenvalue weighted by Gasteiger charge is -2.32. The number of nitrogens with zero attached hydrogens (tertiary/aromatic N) is 4. The van der Waals surface area contributed by atoms with E-state index in [0.29, 0.717) is 29.3 Å². The topological polar surface area (TPSA) is 100 Å². The first-order valence-corrected chi connectivity index (χ1v) is 15.4. The molecule has 3 heterocycles. The molecule has 1 saturated carbocycles. The van der Waals surface area contributed by atoms with Gasteiger partial charge in [0.2, 0.25) is 5.91 Å². The summed E-state index contributed by atoms with van der Waals surface area (Å²) >= 11 is 0. The zero-order valence-corrected chi connectivity index (χ0v) is 24.7. The average Bonchev–Trinajstić information content (AvgIpc) is 3.68. The monoisotopic (exact) mass is 575 g/mol. The number of carbonyl (C=O) groups is 2. The first kappa shape index (κ1) is 27.4. The zero-order valence-electron chi connectivity index (χ0n) is 24.7. The SMILES string of the molecule is Cc1cc(C2CCN(C(=O)C3CC3)CC2)ccc1NC1CCc2cccc(-c3cccc(-n4ncc(C(=O)O)c4C)n3)c21. The highest BCUT2D eigenvalue weighted by atomic mass is 16.4. The molecule has 0 bridgehead atoms.